The first-order valence-corrected chi connectivity index (χ1v) is 5.57. The maximum atomic E-state index is 5.87. The normalized spacial score (nSPS) is 12.5. The Bertz CT molecular complexity index is 309. The van der Waals surface area contributed by atoms with Gasteiger partial charge in [-0.05, 0) is 57.4 Å². The van der Waals surface area contributed by atoms with Gasteiger partial charge in [-0.25, -0.2) is 0 Å². The molecule has 0 saturated carbocycles. The molecule has 15 heavy (non-hydrogen) atoms. The maximum absolute atomic E-state index is 5.87. The largest absolute Gasteiger partial charge is 0.490 e. The second-order valence-corrected chi connectivity index (χ2v) is 4.13. The number of aryl methyl sites for hydroxylation is 2. The van der Waals surface area contributed by atoms with Crippen molar-refractivity contribution in [2.45, 2.75) is 39.7 Å². The second kappa shape index (κ2) is 5.76. The van der Waals surface area contributed by atoms with E-state index in [0.29, 0.717) is 0 Å². The van der Waals surface area contributed by atoms with Gasteiger partial charge in [0, 0.05) is 0 Å². The van der Waals surface area contributed by atoms with Crippen molar-refractivity contribution in [3.63, 3.8) is 0 Å². The van der Waals surface area contributed by atoms with Crippen molar-refractivity contribution in [2.24, 2.45) is 5.73 Å². The topological polar surface area (TPSA) is 35.2 Å². The molecule has 0 amide bonds. The van der Waals surface area contributed by atoms with Crippen LogP contribution in [0.15, 0.2) is 18.2 Å². The van der Waals surface area contributed by atoms with Crippen molar-refractivity contribution >= 4 is 0 Å². The van der Waals surface area contributed by atoms with Crippen LogP contribution in [0, 0.1) is 13.8 Å². The van der Waals surface area contributed by atoms with Crippen LogP contribution in [0.5, 0.6) is 5.75 Å². The molecule has 0 aliphatic rings. The molecule has 1 unspecified atom stereocenters. The summed E-state index contributed by atoms with van der Waals surface area (Å²) in [5.74, 6) is 1.000. The van der Waals surface area contributed by atoms with E-state index in [9.17, 15) is 0 Å². The van der Waals surface area contributed by atoms with Crippen LogP contribution in [0.1, 0.15) is 30.9 Å². The summed E-state index contributed by atoms with van der Waals surface area (Å²) in [5.41, 5.74) is 7.90. The Balaban J connectivity index is 2.59. The zero-order valence-electron chi connectivity index (χ0n) is 9.92. The molecule has 1 atom stereocenters. The van der Waals surface area contributed by atoms with E-state index in [0.717, 1.165) is 25.1 Å². The van der Waals surface area contributed by atoms with E-state index >= 15 is 0 Å². The monoisotopic (exact) mass is 207 g/mol. The lowest BCUT2D eigenvalue weighted by Crippen LogP contribution is -2.14. The van der Waals surface area contributed by atoms with Crippen molar-refractivity contribution in [1.29, 1.82) is 0 Å². The average molecular weight is 207 g/mol. The van der Waals surface area contributed by atoms with Gasteiger partial charge in [0.25, 0.3) is 0 Å². The first kappa shape index (κ1) is 12.1. The Hall–Kier alpha value is -1.02. The highest BCUT2D eigenvalue weighted by molar-refractivity contribution is 5.36. The Kier molecular flexibility index (Phi) is 4.63. The zero-order chi connectivity index (χ0) is 11.3. The fourth-order valence-electron chi connectivity index (χ4n) is 1.52. The molecule has 84 valence electrons. The summed E-state index contributed by atoms with van der Waals surface area (Å²) < 4.78 is 5.87. The molecule has 1 rings (SSSR count). The van der Waals surface area contributed by atoms with Crippen LogP contribution in [-0.2, 0) is 0 Å². The molecule has 0 aromatic heterocycles. The predicted octanol–water partition coefficient (Wildman–Crippen LogP) is 2.81. The molecule has 2 N–H and O–H groups in total. The van der Waals surface area contributed by atoms with E-state index in [-0.39, 0.29) is 6.10 Å². The third-order valence-corrected chi connectivity index (χ3v) is 2.49. The summed E-state index contributed by atoms with van der Waals surface area (Å²) in [5, 5.41) is 0. The fraction of sp³-hybridized carbons (Fsp3) is 0.538. The van der Waals surface area contributed by atoms with Crippen LogP contribution in [0.3, 0.4) is 0 Å². The highest BCUT2D eigenvalue weighted by Crippen LogP contribution is 2.21. The van der Waals surface area contributed by atoms with Gasteiger partial charge in [-0.2, -0.15) is 0 Å². The molecule has 2 heteroatoms. The van der Waals surface area contributed by atoms with Crippen molar-refractivity contribution in [3.05, 3.63) is 29.3 Å². The number of hydrogen-bond acceptors (Lipinski definition) is 2. The number of hydrogen-bond donors (Lipinski definition) is 1. The minimum Gasteiger partial charge on any atom is -0.490 e. The number of ether oxygens (including phenoxy) is 1. The SMILES string of the molecule is Cc1ccc(C)c(OC(C)CCCN)c1. The Labute approximate surface area is 92.4 Å². The molecule has 0 saturated heterocycles. The van der Waals surface area contributed by atoms with Gasteiger partial charge in [-0.3, -0.25) is 0 Å². The summed E-state index contributed by atoms with van der Waals surface area (Å²) in [6, 6.07) is 6.29. The third-order valence-electron chi connectivity index (χ3n) is 2.49. The quantitative estimate of drug-likeness (QED) is 0.805. The van der Waals surface area contributed by atoms with Crippen LogP contribution in [0.25, 0.3) is 0 Å². The molecule has 0 radical (unpaired) electrons. The van der Waals surface area contributed by atoms with E-state index in [1.54, 1.807) is 0 Å². The standard InChI is InChI=1S/C13H21NO/c1-10-6-7-11(2)13(9-10)15-12(3)5-4-8-14/h6-7,9,12H,4-5,8,14H2,1-3H3. The summed E-state index contributed by atoms with van der Waals surface area (Å²) >= 11 is 0. The lowest BCUT2D eigenvalue weighted by atomic mass is 10.1. The molecule has 0 bridgehead atoms. The third kappa shape index (κ3) is 3.92. The molecule has 0 fully saturated rings. The van der Waals surface area contributed by atoms with E-state index < -0.39 is 0 Å². The van der Waals surface area contributed by atoms with E-state index in [1.165, 1.54) is 11.1 Å². The van der Waals surface area contributed by atoms with Crippen LogP contribution in [0.2, 0.25) is 0 Å². The smallest absolute Gasteiger partial charge is 0.122 e. The zero-order valence-corrected chi connectivity index (χ0v) is 9.92. The molecular formula is C13H21NO. The Morgan fingerprint density at radius 3 is 2.73 bits per heavy atom. The number of benzene rings is 1. The van der Waals surface area contributed by atoms with Crippen molar-refractivity contribution in [2.75, 3.05) is 6.54 Å². The lowest BCUT2D eigenvalue weighted by Gasteiger charge is -2.16. The van der Waals surface area contributed by atoms with Crippen molar-refractivity contribution in [1.82, 2.24) is 0 Å². The van der Waals surface area contributed by atoms with Gasteiger partial charge in [-0.15, -0.1) is 0 Å². The van der Waals surface area contributed by atoms with Gasteiger partial charge in [0.15, 0.2) is 0 Å². The molecule has 0 aliphatic carbocycles. The van der Waals surface area contributed by atoms with Gasteiger partial charge in [0.05, 0.1) is 6.10 Å². The number of rotatable bonds is 5. The summed E-state index contributed by atoms with van der Waals surface area (Å²) in [6.07, 6.45) is 2.28. The van der Waals surface area contributed by atoms with Gasteiger partial charge in [0.2, 0.25) is 0 Å². The Morgan fingerprint density at radius 1 is 1.33 bits per heavy atom. The maximum Gasteiger partial charge on any atom is 0.122 e. The summed E-state index contributed by atoms with van der Waals surface area (Å²) in [4.78, 5) is 0. The van der Waals surface area contributed by atoms with Gasteiger partial charge in [0.1, 0.15) is 5.75 Å². The highest BCUT2D eigenvalue weighted by atomic mass is 16.5. The summed E-state index contributed by atoms with van der Waals surface area (Å²) in [7, 11) is 0. The van der Waals surface area contributed by atoms with E-state index in [2.05, 4.69) is 39.0 Å². The van der Waals surface area contributed by atoms with Crippen LogP contribution in [0.4, 0.5) is 0 Å². The van der Waals surface area contributed by atoms with Gasteiger partial charge < -0.3 is 10.5 Å². The predicted molar refractivity (Wildman–Crippen MR) is 64.3 cm³/mol. The molecule has 0 aliphatic heterocycles. The number of nitrogens with two attached hydrogens (primary N) is 1. The molecule has 0 heterocycles. The molecule has 1 aromatic carbocycles. The van der Waals surface area contributed by atoms with Gasteiger partial charge >= 0.3 is 0 Å². The lowest BCUT2D eigenvalue weighted by molar-refractivity contribution is 0.207. The Morgan fingerprint density at radius 2 is 2.07 bits per heavy atom. The summed E-state index contributed by atoms with van der Waals surface area (Å²) in [6.45, 7) is 6.99. The minimum absolute atomic E-state index is 0.244. The van der Waals surface area contributed by atoms with Crippen molar-refractivity contribution in [3.8, 4) is 5.75 Å². The first-order chi connectivity index (χ1) is 7.13. The molecular weight excluding hydrogens is 186 g/mol. The molecule has 1 aromatic rings. The second-order valence-electron chi connectivity index (χ2n) is 4.13. The fourth-order valence-corrected chi connectivity index (χ4v) is 1.52. The van der Waals surface area contributed by atoms with E-state index in [1.807, 2.05) is 0 Å². The van der Waals surface area contributed by atoms with Crippen LogP contribution >= 0.6 is 0 Å². The molecule has 2 nitrogen and oxygen atoms in total. The minimum atomic E-state index is 0.244. The molecule has 0 spiro atoms. The van der Waals surface area contributed by atoms with Crippen LogP contribution < -0.4 is 10.5 Å². The first-order valence-electron chi connectivity index (χ1n) is 5.57. The van der Waals surface area contributed by atoms with Crippen molar-refractivity contribution < 1.29 is 4.74 Å². The average Bonchev–Trinajstić information content (AvgIpc) is 2.20. The van der Waals surface area contributed by atoms with Gasteiger partial charge in [-0.1, -0.05) is 12.1 Å². The van der Waals surface area contributed by atoms with Crippen LogP contribution in [-0.4, -0.2) is 12.6 Å². The van der Waals surface area contributed by atoms with E-state index in [4.69, 9.17) is 10.5 Å². The highest BCUT2D eigenvalue weighted by Gasteiger charge is 2.05.